The Morgan fingerprint density at radius 2 is 2.20 bits per heavy atom. The molecule has 0 bridgehead atoms. The van der Waals surface area contributed by atoms with Gasteiger partial charge in [0, 0.05) is 44.0 Å². The molecule has 1 aliphatic heterocycles. The summed E-state index contributed by atoms with van der Waals surface area (Å²) in [6.07, 6.45) is 1.52. The van der Waals surface area contributed by atoms with Gasteiger partial charge in [0.2, 0.25) is 5.91 Å². The summed E-state index contributed by atoms with van der Waals surface area (Å²) in [5.74, 6) is 0.124. The summed E-state index contributed by atoms with van der Waals surface area (Å²) in [5.41, 5.74) is 2.73. The highest BCUT2D eigenvalue weighted by molar-refractivity contribution is 7.07. The maximum absolute atomic E-state index is 11.8. The Hall–Kier alpha value is -0.980. The van der Waals surface area contributed by atoms with Crippen LogP contribution in [0, 0.1) is 0 Å². The highest BCUT2D eigenvalue weighted by atomic mass is 32.1. The summed E-state index contributed by atoms with van der Waals surface area (Å²) < 4.78 is 0. The molecular weight excluding hydrogens is 272 g/mol. The molecule has 0 saturated carbocycles. The van der Waals surface area contributed by atoms with E-state index in [-0.39, 0.29) is 5.91 Å². The smallest absolute Gasteiger partial charge is 0.220 e. The van der Waals surface area contributed by atoms with Crippen LogP contribution in [0.2, 0.25) is 0 Å². The van der Waals surface area contributed by atoms with E-state index in [1.165, 1.54) is 0 Å². The van der Waals surface area contributed by atoms with Crippen LogP contribution in [0.5, 0.6) is 0 Å². The Kier molecular flexibility index (Phi) is 5.94. The van der Waals surface area contributed by atoms with Gasteiger partial charge in [-0.05, 0) is 20.4 Å². The first-order chi connectivity index (χ1) is 9.65. The number of nitrogens with one attached hydrogen (secondary N) is 1. The van der Waals surface area contributed by atoms with E-state index in [1.807, 2.05) is 5.38 Å². The van der Waals surface area contributed by atoms with Crippen LogP contribution in [0.1, 0.15) is 25.5 Å². The van der Waals surface area contributed by atoms with Crippen LogP contribution < -0.4 is 5.32 Å². The lowest BCUT2D eigenvalue weighted by atomic mass is 10.1. The molecule has 1 fully saturated rings. The van der Waals surface area contributed by atoms with Crippen molar-refractivity contribution in [2.45, 2.75) is 32.4 Å². The molecule has 1 amide bonds. The molecule has 1 aromatic heterocycles. The molecule has 2 rings (SSSR count). The highest BCUT2D eigenvalue weighted by Crippen LogP contribution is 2.10. The summed E-state index contributed by atoms with van der Waals surface area (Å²) in [5, 5.41) is 4.89. The van der Waals surface area contributed by atoms with E-state index < -0.39 is 0 Å². The number of likely N-dealkylation sites (N-methyl/N-ethyl adjacent to an activating group) is 1. The zero-order valence-corrected chi connectivity index (χ0v) is 13.2. The van der Waals surface area contributed by atoms with E-state index >= 15 is 0 Å². The van der Waals surface area contributed by atoms with Gasteiger partial charge in [0.1, 0.15) is 0 Å². The molecule has 5 nitrogen and oxygen atoms in total. The zero-order valence-electron chi connectivity index (χ0n) is 12.3. The van der Waals surface area contributed by atoms with Crippen LogP contribution in [-0.2, 0) is 11.3 Å². The molecule has 0 aromatic carbocycles. The number of rotatable bonds is 6. The lowest BCUT2D eigenvalue weighted by molar-refractivity contribution is -0.121. The molecule has 20 heavy (non-hydrogen) atoms. The van der Waals surface area contributed by atoms with Crippen molar-refractivity contribution in [3.63, 3.8) is 0 Å². The number of carbonyl (C=O) groups is 1. The minimum atomic E-state index is 0.124. The van der Waals surface area contributed by atoms with Crippen LogP contribution in [0.15, 0.2) is 10.9 Å². The van der Waals surface area contributed by atoms with Crippen molar-refractivity contribution in [2.24, 2.45) is 0 Å². The van der Waals surface area contributed by atoms with Crippen LogP contribution in [0.3, 0.4) is 0 Å². The average molecular weight is 296 g/mol. The second-order valence-electron chi connectivity index (χ2n) is 5.48. The lowest BCUT2D eigenvalue weighted by Crippen LogP contribution is -2.48. The first kappa shape index (κ1) is 15.4. The first-order valence-electron chi connectivity index (χ1n) is 7.21. The molecule has 2 heterocycles. The molecule has 1 saturated heterocycles. The number of hydrogen-bond donors (Lipinski definition) is 1. The van der Waals surface area contributed by atoms with Gasteiger partial charge in [-0.25, -0.2) is 4.98 Å². The standard InChI is InChI=1S/C14H24N4OS/c1-12(18-7-5-17(2)6-8-18)3-4-14(19)15-9-13-10-20-11-16-13/h10-12H,3-9H2,1-2H3,(H,15,19)/t12-/m0/s1. The van der Waals surface area contributed by atoms with Gasteiger partial charge in [-0.2, -0.15) is 0 Å². The van der Waals surface area contributed by atoms with Gasteiger partial charge in [0.25, 0.3) is 0 Å². The molecule has 0 unspecified atom stereocenters. The van der Waals surface area contributed by atoms with Crippen molar-refractivity contribution in [1.29, 1.82) is 0 Å². The summed E-state index contributed by atoms with van der Waals surface area (Å²) in [7, 11) is 2.16. The number of thiazole rings is 1. The normalized spacial score (nSPS) is 18.9. The van der Waals surface area contributed by atoms with Gasteiger partial charge in [0.15, 0.2) is 0 Å². The number of aromatic nitrogens is 1. The predicted octanol–water partition coefficient (Wildman–Crippen LogP) is 1.18. The number of nitrogens with zero attached hydrogens (tertiary/aromatic N) is 3. The fourth-order valence-electron chi connectivity index (χ4n) is 2.39. The van der Waals surface area contributed by atoms with Crippen molar-refractivity contribution in [2.75, 3.05) is 33.2 Å². The van der Waals surface area contributed by atoms with Crippen LogP contribution >= 0.6 is 11.3 Å². The van der Waals surface area contributed by atoms with Crippen LogP contribution in [-0.4, -0.2) is 60.0 Å². The number of piperazine rings is 1. The van der Waals surface area contributed by atoms with Gasteiger partial charge < -0.3 is 10.2 Å². The third-order valence-corrected chi connectivity index (χ3v) is 4.54. The van der Waals surface area contributed by atoms with Crippen molar-refractivity contribution in [3.05, 3.63) is 16.6 Å². The van der Waals surface area contributed by atoms with E-state index in [2.05, 4.69) is 34.1 Å². The second-order valence-corrected chi connectivity index (χ2v) is 6.20. The van der Waals surface area contributed by atoms with Crippen molar-refractivity contribution >= 4 is 17.2 Å². The molecule has 0 radical (unpaired) electrons. The van der Waals surface area contributed by atoms with Gasteiger partial charge in [-0.1, -0.05) is 0 Å². The molecule has 6 heteroatoms. The van der Waals surface area contributed by atoms with Gasteiger partial charge in [-0.3, -0.25) is 9.69 Å². The molecule has 0 spiro atoms. The van der Waals surface area contributed by atoms with E-state index in [9.17, 15) is 4.79 Å². The van der Waals surface area contributed by atoms with Gasteiger partial charge in [-0.15, -0.1) is 11.3 Å². The first-order valence-corrected chi connectivity index (χ1v) is 8.16. The summed E-state index contributed by atoms with van der Waals surface area (Å²) in [4.78, 5) is 20.8. The monoisotopic (exact) mass is 296 g/mol. The highest BCUT2D eigenvalue weighted by Gasteiger charge is 2.19. The third kappa shape index (κ3) is 4.85. The van der Waals surface area contributed by atoms with Crippen molar-refractivity contribution in [3.8, 4) is 0 Å². The number of hydrogen-bond acceptors (Lipinski definition) is 5. The minimum absolute atomic E-state index is 0.124. The van der Waals surface area contributed by atoms with E-state index in [0.717, 1.165) is 38.3 Å². The van der Waals surface area contributed by atoms with Crippen LogP contribution in [0.25, 0.3) is 0 Å². The van der Waals surface area contributed by atoms with E-state index in [4.69, 9.17) is 0 Å². The molecule has 112 valence electrons. The minimum Gasteiger partial charge on any atom is -0.350 e. The van der Waals surface area contributed by atoms with Crippen molar-refractivity contribution < 1.29 is 4.79 Å². The van der Waals surface area contributed by atoms with Gasteiger partial charge >= 0.3 is 0 Å². The number of amides is 1. The summed E-state index contributed by atoms with van der Waals surface area (Å²) in [6, 6.07) is 0.480. The Morgan fingerprint density at radius 1 is 1.45 bits per heavy atom. The van der Waals surface area contributed by atoms with E-state index in [0.29, 0.717) is 19.0 Å². The topological polar surface area (TPSA) is 48.5 Å². The predicted molar refractivity (Wildman–Crippen MR) is 81.7 cm³/mol. The largest absolute Gasteiger partial charge is 0.350 e. The number of carbonyl (C=O) groups excluding carboxylic acids is 1. The Morgan fingerprint density at radius 3 is 2.85 bits per heavy atom. The quantitative estimate of drug-likeness (QED) is 0.856. The molecule has 1 atom stereocenters. The summed E-state index contributed by atoms with van der Waals surface area (Å²) in [6.45, 7) is 7.24. The Balaban J connectivity index is 1.62. The van der Waals surface area contributed by atoms with Gasteiger partial charge in [0.05, 0.1) is 17.7 Å². The van der Waals surface area contributed by atoms with E-state index in [1.54, 1.807) is 16.8 Å². The zero-order chi connectivity index (χ0) is 14.4. The molecule has 1 aliphatic rings. The van der Waals surface area contributed by atoms with Crippen molar-refractivity contribution in [1.82, 2.24) is 20.1 Å². The fraction of sp³-hybridized carbons (Fsp3) is 0.714. The molecule has 0 aliphatic carbocycles. The van der Waals surface area contributed by atoms with Crippen LogP contribution in [0.4, 0.5) is 0 Å². The Bertz CT molecular complexity index is 401. The fourth-order valence-corrected chi connectivity index (χ4v) is 2.95. The SMILES string of the molecule is C[C@@H](CCC(=O)NCc1cscn1)N1CCN(C)CC1. The second kappa shape index (κ2) is 7.71. The lowest BCUT2D eigenvalue weighted by Gasteiger charge is -2.36. The molecule has 1 N–H and O–H groups in total. The molecule has 1 aromatic rings. The third-order valence-electron chi connectivity index (χ3n) is 3.90. The molecular formula is C14H24N4OS. The Labute approximate surface area is 125 Å². The maximum atomic E-state index is 11.8. The summed E-state index contributed by atoms with van der Waals surface area (Å²) >= 11 is 1.56. The maximum Gasteiger partial charge on any atom is 0.220 e. The average Bonchev–Trinajstić information content (AvgIpc) is 2.96.